The summed E-state index contributed by atoms with van der Waals surface area (Å²) < 4.78 is 1.83. The summed E-state index contributed by atoms with van der Waals surface area (Å²) in [4.78, 5) is 3.99. The second-order valence-electron chi connectivity index (χ2n) is 4.47. The number of rotatable bonds is 4. The van der Waals surface area contributed by atoms with Gasteiger partial charge in [0.2, 0.25) is 0 Å². The van der Waals surface area contributed by atoms with E-state index in [0.29, 0.717) is 0 Å². The Balaban J connectivity index is 1.65. The Hall–Kier alpha value is -2.14. The fraction of sp³-hybridized carbons (Fsp3) is 0.133. The van der Waals surface area contributed by atoms with Crippen LogP contribution in [-0.2, 0) is 5.75 Å². The molecular weight excluding hydrogens is 268 g/mol. The zero-order valence-corrected chi connectivity index (χ0v) is 11.9. The van der Waals surface area contributed by atoms with E-state index >= 15 is 0 Å². The summed E-state index contributed by atoms with van der Waals surface area (Å²) in [7, 11) is 0. The van der Waals surface area contributed by atoms with Crippen LogP contribution in [0.15, 0.2) is 60.1 Å². The molecule has 0 radical (unpaired) electrons. The van der Waals surface area contributed by atoms with Crippen molar-refractivity contribution in [1.29, 1.82) is 0 Å². The Morgan fingerprint density at radius 1 is 1.05 bits per heavy atom. The molecule has 20 heavy (non-hydrogen) atoms. The fourth-order valence-corrected chi connectivity index (χ4v) is 2.53. The van der Waals surface area contributed by atoms with E-state index in [1.165, 1.54) is 11.1 Å². The third kappa shape index (κ3) is 3.05. The fourth-order valence-electron chi connectivity index (χ4n) is 1.76. The van der Waals surface area contributed by atoms with Gasteiger partial charge < -0.3 is 0 Å². The standard InChI is InChI=1S/C15H14N4S/c1-12-2-4-13(5-3-12)10-20-15-7-6-14(17-18-15)19-9-8-16-11-19/h2-9,11H,10H2,1H3. The lowest BCUT2D eigenvalue weighted by Gasteiger charge is -2.03. The molecule has 2 heterocycles. The van der Waals surface area contributed by atoms with Crippen LogP contribution in [0.2, 0.25) is 0 Å². The van der Waals surface area contributed by atoms with Crippen molar-refractivity contribution in [1.82, 2.24) is 19.7 Å². The normalized spacial score (nSPS) is 10.7. The van der Waals surface area contributed by atoms with Crippen LogP contribution in [0.5, 0.6) is 0 Å². The van der Waals surface area contributed by atoms with Crippen LogP contribution in [0.3, 0.4) is 0 Å². The summed E-state index contributed by atoms with van der Waals surface area (Å²) in [5, 5.41) is 9.36. The predicted octanol–water partition coefficient (Wildman–Crippen LogP) is 3.26. The van der Waals surface area contributed by atoms with Gasteiger partial charge in [0.15, 0.2) is 5.82 Å². The average molecular weight is 282 g/mol. The Bertz CT molecular complexity index is 660. The summed E-state index contributed by atoms with van der Waals surface area (Å²) in [5.74, 6) is 1.68. The lowest BCUT2D eigenvalue weighted by Crippen LogP contribution is -1.96. The minimum Gasteiger partial charge on any atom is -0.289 e. The van der Waals surface area contributed by atoms with Crippen molar-refractivity contribution in [3.8, 4) is 5.82 Å². The first-order valence-electron chi connectivity index (χ1n) is 6.32. The van der Waals surface area contributed by atoms with Crippen LogP contribution >= 0.6 is 11.8 Å². The highest BCUT2D eigenvalue weighted by Gasteiger charge is 2.01. The van der Waals surface area contributed by atoms with Gasteiger partial charge >= 0.3 is 0 Å². The van der Waals surface area contributed by atoms with Gasteiger partial charge in [0.05, 0.1) is 0 Å². The van der Waals surface area contributed by atoms with Gasteiger partial charge in [-0.05, 0) is 24.6 Å². The SMILES string of the molecule is Cc1ccc(CSc2ccc(-n3ccnc3)nn2)cc1. The molecule has 100 valence electrons. The number of thioether (sulfide) groups is 1. The Morgan fingerprint density at radius 2 is 1.90 bits per heavy atom. The van der Waals surface area contributed by atoms with Gasteiger partial charge in [-0.25, -0.2) is 4.98 Å². The third-order valence-corrected chi connectivity index (χ3v) is 3.89. The van der Waals surface area contributed by atoms with E-state index in [-0.39, 0.29) is 0 Å². The van der Waals surface area contributed by atoms with Gasteiger partial charge in [0.25, 0.3) is 0 Å². The highest BCUT2D eigenvalue weighted by atomic mass is 32.2. The monoisotopic (exact) mass is 282 g/mol. The van der Waals surface area contributed by atoms with Gasteiger partial charge in [0.1, 0.15) is 11.4 Å². The molecule has 0 N–H and O–H groups in total. The molecule has 0 saturated heterocycles. The molecule has 0 fully saturated rings. The minimum atomic E-state index is 0.780. The van der Waals surface area contributed by atoms with E-state index in [9.17, 15) is 0 Å². The van der Waals surface area contributed by atoms with Crippen molar-refractivity contribution in [2.24, 2.45) is 0 Å². The van der Waals surface area contributed by atoms with Crippen molar-refractivity contribution in [3.05, 3.63) is 66.2 Å². The lowest BCUT2D eigenvalue weighted by atomic mass is 10.2. The second kappa shape index (κ2) is 5.88. The molecule has 0 aliphatic rings. The molecule has 0 bridgehead atoms. The number of imidazole rings is 1. The van der Waals surface area contributed by atoms with E-state index in [1.807, 2.05) is 22.9 Å². The van der Waals surface area contributed by atoms with E-state index < -0.39 is 0 Å². The van der Waals surface area contributed by atoms with Crippen molar-refractivity contribution < 1.29 is 0 Å². The topological polar surface area (TPSA) is 43.6 Å². The summed E-state index contributed by atoms with van der Waals surface area (Å²) in [6.45, 7) is 2.09. The van der Waals surface area contributed by atoms with Crippen LogP contribution in [0.25, 0.3) is 5.82 Å². The second-order valence-corrected chi connectivity index (χ2v) is 5.47. The van der Waals surface area contributed by atoms with E-state index in [0.717, 1.165) is 16.6 Å². The summed E-state index contributed by atoms with van der Waals surface area (Å²) in [6.07, 6.45) is 5.29. The molecular formula is C15H14N4S. The Labute approximate surface area is 121 Å². The molecule has 5 heteroatoms. The predicted molar refractivity (Wildman–Crippen MR) is 79.9 cm³/mol. The number of hydrogen-bond acceptors (Lipinski definition) is 4. The van der Waals surface area contributed by atoms with Crippen molar-refractivity contribution in [2.75, 3.05) is 0 Å². The molecule has 3 rings (SSSR count). The summed E-state index contributed by atoms with van der Waals surface area (Å²) >= 11 is 1.69. The van der Waals surface area contributed by atoms with Crippen LogP contribution in [0.1, 0.15) is 11.1 Å². The number of aromatic nitrogens is 4. The molecule has 0 spiro atoms. The quantitative estimate of drug-likeness (QED) is 0.689. The largest absolute Gasteiger partial charge is 0.289 e. The van der Waals surface area contributed by atoms with Crippen LogP contribution in [-0.4, -0.2) is 19.7 Å². The van der Waals surface area contributed by atoms with Crippen molar-refractivity contribution >= 4 is 11.8 Å². The molecule has 0 aliphatic carbocycles. The molecule has 0 saturated carbocycles. The molecule has 0 aliphatic heterocycles. The number of aryl methyl sites for hydroxylation is 1. The highest BCUT2D eigenvalue weighted by Crippen LogP contribution is 2.20. The molecule has 4 nitrogen and oxygen atoms in total. The molecule has 2 aromatic heterocycles. The van der Waals surface area contributed by atoms with Crippen molar-refractivity contribution in [3.63, 3.8) is 0 Å². The third-order valence-electron chi connectivity index (χ3n) is 2.90. The summed E-state index contributed by atoms with van der Waals surface area (Å²) in [5.41, 5.74) is 2.57. The minimum absolute atomic E-state index is 0.780. The zero-order chi connectivity index (χ0) is 13.8. The molecule has 0 amide bonds. The van der Waals surface area contributed by atoms with E-state index in [4.69, 9.17) is 0 Å². The first-order valence-corrected chi connectivity index (χ1v) is 7.30. The van der Waals surface area contributed by atoms with Crippen molar-refractivity contribution in [2.45, 2.75) is 17.7 Å². The summed E-state index contributed by atoms with van der Waals surface area (Å²) in [6, 6.07) is 12.5. The smallest absolute Gasteiger partial charge is 0.160 e. The average Bonchev–Trinajstić information content (AvgIpc) is 3.01. The van der Waals surface area contributed by atoms with Gasteiger partial charge in [-0.2, -0.15) is 0 Å². The Morgan fingerprint density at radius 3 is 2.55 bits per heavy atom. The van der Waals surface area contributed by atoms with Gasteiger partial charge in [0, 0.05) is 18.1 Å². The zero-order valence-electron chi connectivity index (χ0n) is 11.1. The lowest BCUT2D eigenvalue weighted by molar-refractivity contribution is 0.861. The van der Waals surface area contributed by atoms with Gasteiger partial charge in [-0.15, -0.1) is 10.2 Å². The van der Waals surface area contributed by atoms with Gasteiger partial charge in [-0.1, -0.05) is 41.6 Å². The first-order chi connectivity index (χ1) is 9.81. The maximum atomic E-state index is 4.23. The molecule has 3 aromatic rings. The molecule has 0 atom stereocenters. The number of benzene rings is 1. The maximum Gasteiger partial charge on any atom is 0.160 e. The number of hydrogen-bond donors (Lipinski definition) is 0. The van der Waals surface area contributed by atoms with Gasteiger partial charge in [-0.3, -0.25) is 4.57 Å². The highest BCUT2D eigenvalue weighted by molar-refractivity contribution is 7.98. The van der Waals surface area contributed by atoms with Crippen LogP contribution in [0.4, 0.5) is 0 Å². The first kappa shape index (κ1) is 12.9. The maximum absolute atomic E-state index is 4.23. The molecule has 1 aromatic carbocycles. The molecule has 0 unspecified atom stereocenters. The van der Waals surface area contributed by atoms with E-state index in [2.05, 4.69) is 46.4 Å². The van der Waals surface area contributed by atoms with Crippen LogP contribution in [0, 0.1) is 6.92 Å². The Kier molecular flexibility index (Phi) is 3.78. The van der Waals surface area contributed by atoms with Crippen LogP contribution < -0.4 is 0 Å². The number of nitrogens with zero attached hydrogens (tertiary/aromatic N) is 4. The van der Waals surface area contributed by atoms with E-state index in [1.54, 1.807) is 24.3 Å².